The lowest BCUT2D eigenvalue weighted by atomic mass is 10.00. The molecular weight excluding hydrogens is 144 g/mol. The van der Waals surface area contributed by atoms with Crippen LogP contribution in [-0.2, 0) is 0 Å². The second kappa shape index (κ2) is 9.09. The summed E-state index contributed by atoms with van der Waals surface area (Å²) in [6, 6.07) is 0. The highest BCUT2D eigenvalue weighted by atomic mass is 14.0. The van der Waals surface area contributed by atoms with Crippen molar-refractivity contribution in [1.29, 1.82) is 0 Å². The fourth-order valence-corrected chi connectivity index (χ4v) is 1.40. The molecule has 0 aromatic rings. The van der Waals surface area contributed by atoms with Gasteiger partial charge in [0.1, 0.15) is 0 Å². The third-order valence-corrected chi connectivity index (χ3v) is 2.64. The summed E-state index contributed by atoms with van der Waals surface area (Å²) in [5, 5.41) is 0. The molecule has 1 radical (unpaired) electrons. The van der Waals surface area contributed by atoms with E-state index in [0.29, 0.717) is 0 Å². The summed E-state index contributed by atoms with van der Waals surface area (Å²) in [6.07, 6.45) is 12.1. The standard InChI is InChI=1S/C12H25/c1-4-6-7-8-9-10-11-12(3)5-2/h4,12H,5-11H2,1-3H3. The number of unbranched alkanes of at least 4 members (excludes halogenated alkanes) is 5. The Morgan fingerprint density at radius 3 is 2.33 bits per heavy atom. The monoisotopic (exact) mass is 169 g/mol. The van der Waals surface area contributed by atoms with Crippen molar-refractivity contribution in [2.45, 2.75) is 65.7 Å². The summed E-state index contributed by atoms with van der Waals surface area (Å²) in [6.45, 7) is 6.80. The maximum atomic E-state index is 2.36. The molecule has 1 atom stereocenters. The van der Waals surface area contributed by atoms with Crippen molar-refractivity contribution in [3.63, 3.8) is 0 Å². The Labute approximate surface area is 78.8 Å². The van der Waals surface area contributed by atoms with E-state index in [9.17, 15) is 0 Å². The van der Waals surface area contributed by atoms with E-state index >= 15 is 0 Å². The first-order chi connectivity index (χ1) is 5.81. The molecule has 0 aliphatic rings. The summed E-state index contributed by atoms with van der Waals surface area (Å²) < 4.78 is 0. The third kappa shape index (κ3) is 8.10. The van der Waals surface area contributed by atoms with Crippen molar-refractivity contribution in [2.75, 3.05) is 0 Å². The summed E-state index contributed by atoms with van der Waals surface area (Å²) in [7, 11) is 0. The Kier molecular flexibility index (Phi) is 9.09. The Balaban J connectivity index is 2.90. The molecule has 0 saturated carbocycles. The zero-order valence-electron chi connectivity index (χ0n) is 9.10. The Morgan fingerprint density at radius 2 is 1.75 bits per heavy atom. The summed E-state index contributed by atoms with van der Waals surface area (Å²) >= 11 is 0. The molecule has 0 aromatic carbocycles. The minimum atomic E-state index is 0.947. The van der Waals surface area contributed by atoms with Crippen LogP contribution in [-0.4, -0.2) is 0 Å². The van der Waals surface area contributed by atoms with Crippen LogP contribution in [0.3, 0.4) is 0 Å². The van der Waals surface area contributed by atoms with Crippen LogP contribution in [0.1, 0.15) is 65.7 Å². The highest BCUT2D eigenvalue weighted by Gasteiger charge is 1.97. The molecule has 0 amide bonds. The van der Waals surface area contributed by atoms with Crippen LogP contribution < -0.4 is 0 Å². The number of hydrogen-bond acceptors (Lipinski definition) is 0. The Bertz CT molecular complexity index is 76.1. The van der Waals surface area contributed by atoms with Crippen LogP contribution in [0.25, 0.3) is 0 Å². The molecule has 0 spiro atoms. The second-order valence-electron chi connectivity index (χ2n) is 3.91. The van der Waals surface area contributed by atoms with Gasteiger partial charge in [-0.15, -0.1) is 0 Å². The van der Waals surface area contributed by atoms with E-state index in [-0.39, 0.29) is 0 Å². The van der Waals surface area contributed by atoms with Crippen LogP contribution in [0.15, 0.2) is 0 Å². The molecule has 0 aliphatic heterocycles. The van der Waals surface area contributed by atoms with Gasteiger partial charge in [-0.2, -0.15) is 0 Å². The minimum absolute atomic E-state index is 0.947. The maximum Gasteiger partial charge on any atom is -0.0417 e. The second-order valence-corrected chi connectivity index (χ2v) is 3.91. The van der Waals surface area contributed by atoms with Gasteiger partial charge < -0.3 is 0 Å². The normalized spacial score (nSPS) is 13.2. The topological polar surface area (TPSA) is 0 Å². The van der Waals surface area contributed by atoms with Crippen LogP contribution in [0, 0.1) is 12.3 Å². The predicted molar refractivity (Wildman–Crippen MR) is 57.1 cm³/mol. The lowest BCUT2D eigenvalue weighted by molar-refractivity contribution is 0.474. The predicted octanol–water partition coefficient (Wildman–Crippen LogP) is 4.60. The minimum Gasteiger partial charge on any atom is -0.0651 e. The molecule has 0 fully saturated rings. The Hall–Kier alpha value is 0. The third-order valence-electron chi connectivity index (χ3n) is 2.64. The van der Waals surface area contributed by atoms with Crippen molar-refractivity contribution in [2.24, 2.45) is 5.92 Å². The smallest absolute Gasteiger partial charge is 0.0417 e. The van der Waals surface area contributed by atoms with E-state index in [4.69, 9.17) is 0 Å². The van der Waals surface area contributed by atoms with Gasteiger partial charge in [0.05, 0.1) is 0 Å². The molecule has 12 heavy (non-hydrogen) atoms. The Morgan fingerprint density at radius 1 is 1.08 bits per heavy atom. The average molecular weight is 169 g/mol. The average Bonchev–Trinajstić information content (AvgIpc) is 2.10. The molecule has 0 rings (SSSR count). The van der Waals surface area contributed by atoms with E-state index in [2.05, 4.69) is 27.2 Å². The zero-order chi connectivity index (χ0) is 9.23. The van der Waals surface area contributed by atoms with E-state index in [1.54, 1.807) is 0 Å². The highest BCUT2D eigenvalue weighted by Crippen LogP contribution is 2.13. The summed E-state index contributed by atoms with van der Waals surface area (Å²) in [5.41, 5.74) is 0. The van der Waals surface area contributed by atoms with Crippen molar-refractivity contribution < 1.29 is 0 Å². The molecule has 0 nitrogen and oxygen atoms in total. The molecule has 0 heterocycles. The quantitative estimate of drug-likeness (QED) is 0.466. The molecular formula is C12H25. The van der Waals surface area contributed by atoms with Crippen molar-refractivity contribution >= 4 is 0 Å². The van der Waals surface area contributed by atoms with Crippen LogP contribution in [0.5, 0.6) is 0 Å². The van der Waals surface area contributed by atoms with Gasteiger partial charge >= 0.3 is 0 Å². The van der Waals surface area contributed by atoms with E-state index < -0.39 is 0 Å². The first-order valence-corrected chi connectivity index (χ1v) is 5.59. The lowest BCUT2D eigenvalue weighted by Gasteiger charge is -2.06. The van der Waals surface area contributed by atoms with Crippen LogP contribution in [0.4, 0.5) is 0 Å². The molecule has 0 saturated heterocycles. The first kappa shape index (κ1) is 12.0. The van der Waals surface area contributed by atoms with Gasteiger partial charge in [-0.05, 0) is 12.3 Å². The number of rotatable bonds is 8. The molecule has 0 N–H and O–H groups in total. The maximum absolute atomic E-state index is 2.36. The lowest BCUT2D eigenvalue weighted by Crippen LogP contribution is -1.91. The van der Waals surface area contributed by atoms with Gasteiger partial charge in [0.2, 0.25) is 0 Å². The van der Waals surface area contributed by atoms with Crippen molar-refractivity contribution in [3.8, 4) is 0 Å². The van der Waals surface area contributed by atoms with Gasteiger partial charge in [-0.3, -0.25) is 0 Å². The van der Waals surface area contributed by atoms with Crippen molar-refractivity contribution in [1.82, 2.24) is 0 Å². The molecule has 0 heteroatoms. The zero-order valence-corrected chi connectivity index (χ0v) is 9.10. The summed E-state index contributed by atoms with van der Waals surface area (Å²) in [4.78, 5) is 0. The van der Waals surface area contributed by atoms with Crippen molar-refractivity contribution in [3.05, 3.63) is 6.42 Å². The fourth-order valence-electron chi connectivity index (χ4n) is 1.40. The molecule has 0 aromatic heterocycles. The van der Waals surface area contributed by atoms with Gasteiger partial charge in [-0.25, -0.2) is 0 Å². The molecule has 0 aliphatic carbocycles. The van der Waals surface area contributed by atoms with Crippen LogP contribution >= 0.6 is 0 Å². The molecule has 1 unspecified atom stereocenters. The van der Waals surface area contributed by atoms with Gasteiger partial charge in [0.25, 0.3) is 0 Å². The highest BCUT2D eigenvalue weighted by molar-refractivity contribution is 4.56. The van der Waals surface area contributed by atoms with Gasteiger partial charge in [-0.1, -0.05) is 65.7 Å². The SMILES string of the molecule is C[CH]CCCCCCC(C)CC. The van der Waals surface area contributed by atoms with E-state index in [1.165, 1.54) is 44.9 Å². The fraction of sp³-hybridized carbons (Fsp3) is 0.917. The van der Waals surface area contributed by atoms with Gasteiger partial charge in [0.15, 0.2) is 0 Å². The van der Waals surface area contributed by atoms with E-state index in [1.807, 2.05) is 0 Å². The number of hydrogen-bond donors (Lipinski definition) is 0. The van der Waals surface area contributed by atoms with Crippen LogP contribution in [0.2, 0.25) is 0 Å². The molecule has 73 valence electrons. The van der Waals surface area contributed by atoms with Gasteiger partial charge in [0, 0.05) is 0 Å². The largest absolute Gasteiger partial charge is 0.0651 e. The molecule has 0 bridgehead atoms. The van der Waals surface area contributed by atoms with E-state index in [0.717, 1.165) is 5.92 Å². The summed E-state index contributed by atoms with van der Waals surface area (Å²) in [5.74, 6) is 0.947. The first-order valence-electron chi connectivity index (χ1n) is 5.59.